The third kappa shape index (κ3) is 6.22. The van der Waals surface area contributed by atoms with Crippen LogP contribution in [0.2, 0.25) is 0 Å². The normalized spacial score (nSPS) is 21.3. The van der Waals surface area contributed by atoms with Gasteiger partial charge in [-0.2, -0.15) is 10.2 Å². The molecule has 6 rings (SSSR count). The second kappa shape index (κ2) is 12.3. The summed E-state index contributed by atoms with van der Waals surface area (Å²) < 4.78 is 10.7. The molecule has 45 heavy (non-hydrogen) atoms. The number of nitrogens with zero attached hydrogens (tertiary/aromatic N) is 5. The Hall–Kier alpha value is -4.14. The lowest BCUT2D eigenvalue weighted by atomic mass is 10.1. The van der Waals surface area contributed by atoms with E-state index in [2.05, 4.69) is 21.0 Å². The number of fused-ring (bicyclic) bond motifs is 3. The first-order valence-electron chi connectivity index (χ1n) is 15.1. The first-order valence-corrected chi connectivity index (χ1v) is 15.9. The molecule has 3 aliphatic heterocycles. The lowest BCUT2D eigenvalue weighted by Gasteiger charge is -2.35. The molecule has 0 spiro atoms. The van der Waals surface area contributed by atoms with E-state index in [1.807, 2.05) is 31.8 Å². The van der Waals surface area contributed by atoms with E-state index in [1.54, 1.807) is 41.2 Å². The molecule has 1 aromatic heterocycles. The summed E-state index contributed by atoms with van der Waals surface area (Å²) in [4.78, 5) is 57.0. The largest absolute Gasteiger partial charge is 0.444 e. The number of amides is 4. The Morgan fingerprint density at radius 2 is 1.80 bits per heavy atom. The Labute approximate surface area is 265 Å². The molecule has 13 nitrogen and oxygen atoms in total. The molecule has 4 amide bonds. The number of ether oxygens (including phenoxy) is 2. The van der Waals surface area contributed by atoms with Crippen LogP contribution < -0.4 is 10.7 Å². The van der Waals surface area contributed by atoms with Gasteiger partial charge in [0.05, 0.1) is 39.2 Å². The Morgan fingerprint density at radius 3 is 2.53 bits per heavy atom. The van der Waals surface area contributed by atoms with Crippen LogP contribution in [-0.4, -0.2) is 96.7 Å². The number of methoxy groups -OCH3 is 1. The van der Waals surface area contributed by atoms with Crippen LogP contribution in [0.15, 0.2) is 46.1 Å². The third-order valence-electron chi connectivity index (χ3n) is 8.16. The number of hydrogen-bond donors (Lipinski definition) is 2. The van der Waals surface area contributed by atoms with Crippen LogP contribution in [-0.2, 0) is 9.47 Å². The topological polar surface area (TPSA) is 145 Å². The molecule has 4 aliphatic rings. The van der Waals surface area contributed by atoms with Gasteiger partial charge in [0.1, 0.15) is 17.3 Å². The maximum Gasteiger partial charge on any atom is 0.410 e. The van der Waals surface area contributed by atoms with Crippen molar-refractivity contribution >= 4 is 46.5 Å². The number of carbonyl (C=O) groups excluding carboxylic acids is 4. The molecule has 1 unspecified atom stereocenters. The first kappa shape index (κ1) is 30.9. The number of azo groups is 1. The average molecular weight is 636 g/mol. The van der Waals surface area contributed by atoms with Crippen molar-refractivity contribution in [2.45, 2.75) is 51.3 Å². The summed E-state index contributed by atoms with van der Waals surface area (Å²) in [7, 11) is 1.64. The maximum absolute atomic E-state index is 13.8. The van der Waals surface area contributed by atoms with Gasteiger partial charge in [-0.1, -0.05) is 12.1 Å². The van der Waals surface area contributed by atoms with Gasteiger partial charge in [-0.3, -0.25) is 15.0 Å². The Morgan fingerprint density at radius 1 is 1.04 bits per heavy atom. The standard InChI is InChI=1S/C31H37N7O6S/c1-31(2,3)44-30(42)37-15-13-36(14-16-37)28(40)22-11-10-21(45-22)26-24-25(33-34-26)19-8-5-9-20(23(19)27(24)39)32-29(41)35-38-12-6-7-18(38)17-43-4/h5,8-11,18,25H,6-7,12-17H2,1-4H3,(H2,32,35,41)/t18-,25?/m1/s1. The molecule has 2 fully saturated rings. The summed E-state index contributed by atoms with van der Waals surface area (Å²) >= 11 is 1.26. The van der Waals surface area contributed by atoms with Crippen LogP contribution in [0.25, 0.3) is 5.70 Å². The smallest absolute Gasteiger partial charge is 0.410 e. The highest BCUT2D eigenvalue weighted by Gasteiger charge is 2.43. The lowest BCUT2D eigenvalue weighted by Crippen LogP contribution is -2.51. The fourth-order valence-corrected chi connectivity index (χ4v) is 7.04. The minimum Gasteiger partial charge on any atom is -0.444 e. The van der Waals surface area contributed by atoms with Crippen LogP contribution in [0.1, 0.15) is 70.1 Å². The van der Waals surface area contributed by atoms with Crippen LogP contribution >= 0.6 is 11.3 Å². The lowest BCUT2D eigenvalue weighted by molar-refractivity contribution is 0.0141. The van der Waals surface area contributed by atoms with Gasteiger partial charge in [-0.25, -0.2) is 14.6 Å². The van der Waals surface area contributed by atoms with Crippen molar-refractivity contribution in [3.63, 3.8) is 0 Å². The fraction of sp³-hybridized carbons (Fsp3) is 0.484. The molecule has 2 aromatic rings. The van der Waals surface area contributed by atoms with E-state index in [4.69, 9.17) is 9.47 Å². The number of hydrazine groups is 1. The molecule has 2 saturated heterocycles. The van der Waals surface area contributed by atoms with E-state index in [0.29, 0.717) is 70.6 Å². The molecule has 14 heteroatoms. The second-order valence-corrected chi connectivity index (χ2v) is 13.5. The quantitative estimate of drug-likeness (QED) is 0.468. The summed E-state index contributed by atoms with van der Waals surface area (Å²) in [6.45, 7) is 8.26. The third-order valence-corrected chi connectivity index (χ3v) is 9.24. The molecule has 0 bridgehead atoms. The molecular weight excluding hydrogens is 598 g/mol. The van der Waals surface area contributed by atoms with Gasteiger partial charge in [0, 0.05) is 39.8 Å². The zero-order valence-electron chi connectivity index (χ0n) is 25.8. The van der Waals surface area contributed by atoms with Crippen LogP contribution in [0.3, 0.4) is 0 Å². The zero-order valence-corrected chi connectivity index (χ0v) is 26.6. The van der Waals surface area contributed by atoms with Crippen molar-refractivity contribution in [3.8, 4) is 0 Å². The number of rotatable bonds is 6. The van der Waals surface area contributed by atoms with Gasteiger partial charge in [0.25, 0.3) is 5.91 Å². The molecule has 2 atom stereocenters. The fourth-order valence-electron chi connectivity index (χ4n) is 6.06. The Balaban J connectivity index is 1.14. The number of anilines is 1. The molecular formula is C31H37N7O6S. The molecule has 0 saturated carbocycles. The molecule has 2 N–H and O–H groups in total. The highest BCUT2D eigenvalue weighted by molar-refractivity contribution is 7.15. The SMILES string of the molecule is COC[C@H]1CCCN1NC(=O)Nc1cccc2c1C(=O)C1=C(c3ccc(C(=O)N4CCN(C(=O)OC(C)(C)C)CC4)s3)N=NC12. The number of carbonyl (C=O) groups is 4. The summed E-state index contributed by atoms with van der Waals surface area (Å²) in [6.07, 6.45) is 1.50. The Kier molecular flexibility index (Phi) is 8.46. The number of thiophene rings is 1. The predicted octanol–water partition coefficient (Wildman–Crippen LogP) is 4.70. The molecule has 0 radical (unpaired) electrons. The van der Waals surface area contributed by atoms with Crippen LogP contribution in [0.4, 0.5) is 15.3 Å². The minimum absolute atomic E-state index is 0.0979. The van der Waals surface area contributed by atoms with E-state index >= 15 is 0 Å². The van der Waals surface area contributed by atoms with E-state index in [-0.39, 0.29) is 23.8 Å². The molecule has 1 aliphatic carbocycles. The van der Waals surface area contributed by atoms with Crippen molar-refractivity contribution in [1.29, 1.82) is 0 Å². The molecule has 238 valence electrons. The molecule has 4 heterocycles. The number of piperazine rings is 1. The number of ketones is 1. The van der Waals surface area contributed by atoms with Crippen molar-refractivity contribution < 1.29 is 28.7 Å². The molecule has 1 aromatic carbocycles. The van der Waals surface area contributed by atoms with Gasteiger partial charge in [-0.15, -0.1) is 11.3 Å². The van der Waals surface area contributed by atoms with Crippen LogP contribution in [0, 0.1) is 0 Å². The van der Waals surface area contributed by atoms with Gasteiger partial charge < -0.3 is 24.6 Å². The zero-order chi connectivity index (χ0) is 31.9. The van der Waals surface area contributed by atoms with E-state index in [9.17, 15) is 19.2 Å². The maximum atomic E-state index is 13.8. The number of nitrogens with one attached hydrogen (secondary N) is 2. The van der Waals surface area contributed by atoms with E-state index in [1.165, 1.54) is 11.3 Å². The van der Waals surface area contributed by atoms with Crippen molar-refractivity contribution in [1.82, 2.24) is 20.2 Å². The summed E-state index contributed by atoms with van der Waals surface area (Å²) in [5, 5.41) is 13.5. The van der Waals surface area contributed by atoms with E-state index in [0.717, 1.165) is 19.4 Å². The minimum atomic E-state index is -0.583. The highest BCUT2D eigenvalue weighted by atomic mass is 32.1. The van der Waals surface area contributed by atoms with Crippen molar-refractivity contribution in [2.24, 2.45) is 10.2 Å². The number of hydrogen-bond acceptors (Lipinski definition) is 10. The van der Waals surface area contributed by atoms with Crippen LogP contribution in [0.5, 0.6) is 0 Å². The van der Waals surface area contributed by atoms with Crippen molar-refractivity contribution in [3.05, 3.63) is 56.8 Å². The summed E-state index contributed by atoms with van der Waals surface area (Å²) in [5.41, 5.74) is 4.66. The van der Waals surface area contributed by atoms with Gasteiger partial charge in [0.15, 0.2) is 5.78 Å². The van der Waals surface area contributed by atoms with E-state index < -0.39 is 17.7 Å². The average Bonchev–Trinajstić information content (AvgIpc) is 3.79. The summed E-state index contributed by atoms with van der Waals surface area (Å²) in [6, 6.07) is 7.93. The first-order chi connectivity index (χ1) is 21.5. The Bertz CT molecular complexity index is 1590. The van der Waals surface area contributed by atoms with Gasteiger partial charge in [-0.05, 0) is 57.4 Å². The van der Waals surface area contributed by atoms with Gasteiger partial charge >= 0.3 is 12.1 Å². The number of urea groups is 1. The monoisotopic (exact) mass is 635 g/mol. The number of benzene rings is 1. The van der Waals surface area contributed by atoms with Gasteiger partial charge in [0.2, 0.25) is 0 Å². The predicted molar refractivity (Wildman–Crippen MR) is 167 cm³/mol. The summed E-state index contributed by atoms with van der Waals surface area (Å²) in [5.74, 6) is -0.389. The number of Topliss-reactive ketones (excluding diaryl/α,β-unsaturated/α-hetero) is 1. The highest BCUT2D eigenvalue weighted by Crippen LogP contribution is 2.49. The second-order valence-electron chi connectivity index (χ2n) is 12.4. The van der Waals surface area contributed by atoms with Crippen molar-refractivity contribution in [2.75, 3.05) is 51.8 Å².